The van der Waals surface area contributed by atoms with Crippen LogP contribution in [0.1, 0.15) is 12.5 Å². The molecule has 0 N–H and O–H groups in total. The van der Waals surface area contributed by atoms with Crippen molar-refractivity contribution in [2.24, 2.45) is 0 Å². The maximum atomic E-state index is 12.3. The number of likely N-dealkylation sites (tertiary alicyclic amines) is 1. The first-order valence-electron chi connectivity index (χ1n) is 7.69. The Labute approximate surface area is 136 Å². The molecule has 1 aliphatic heterocycles. The third-order valence-electron chi connectivity index (χ3n) is 3.73. The molecular weight excluding hydrogens is 286 g/mol. The molecule has 0 spiro atoms. The molecule has 2 aromatic rings. The fourth-order valence-electron chi connectivity index (χ4n) is 2.57. The molecule has 116 valence electrons. The minimum absolute atomic E-state index is 0.0188. The number of nitrogens with zero attached hydrogens (tertiary/aromatic N) is 1. The molecule has 1 fully saturated rings. The van der Waals surface area contributed by atoms with Crippen LogP contribution in [0.25, 0.3) is 6.08 Å². The minimum atomic E-state index is -0.478. The molecule has 2 atom stereocenters. The normalized spacial score (nSPS) is 20.9. The summed E-state index contributed by atoms with van der Waals surface area (Å²) in [6.45, 7) is 1.90. The van der Waals surface area contributed by atoms with E-state index in [2.05, 4.69) is 0 Å². The Bertz CT molecular complexity index is 707. The van der Waals surface area contributed by atoms with Gasteiger partial charge in [-0.1, -0.05) is 66.8 Å². The third kappa shape index (κ3) is 3.34. The fourth-order valence-corrected chi connectivity index (χ4v) is 2.57. The van der Waals surface area contributed by atoms with E-state index in [1.54, 1.807) is 11.1 Å². The number of carbonyl (C=O) groups is 1. The van der Waals surface area contributed by atoms with Crippen molar-refractivity contribution in [3.05, 3.63) is 84.6 Å². The van der Waals surface area contributed by atoms with Gasteiger partial charge in [-0.05, 0) is 24.6 Å². The summed E-state index contributed by atoms with van der Waals surface area (Å²) < 4.78 is 5.86. The topological polar surface area (TPSA) is 29.5 Å². The lowest BCUT2D eigenvalue weighted by Gasteiger charge is -2.43. The summed E-state index contributed by atoms with van der Waals surface area (Å²) in [6.07, 6.45) is 7.22. The second-order valence-electron chi connectivity index (χ2n) is 5.34. The Balaban J connectivity index is 1.77. The predicted molar refractivity (Wildman–Crippen MR) is 91.8 cm³/mol. The van der Waals surface area contributed by atoms with Crippen LogP contribution in [0, 0.1) is 0 Å². The maximum Gasteiger partial charge on any atom is 0.270 e. The van der Waals surface area contributed by atoms with Crippen LogP contribution in [-0.2, 0) is 4.79 Å². The fraction of sp³-hybridized carbons (Fsp3) is 0.150. The van der Waals surface area contributed by atoms with Crippen molar-refractivity contribution in [3.8, 4) is 5.75 Å². The molecule has 0 radical (unpaired) electrons. The molecule has 3 heteroatoms. The lowest BCUT2D eigenvalue weighted by atomic mass is 9.97. The summed E-state index contributed by atoms with van der Waals surface area (Å²) in [5, 5.41) is 0. The number of amides is 1. The number of allylic oxidation sites excluding steroid dienone is 1. The van der Waals surface area contributed by atoms with E-state index in [0.29, 0.717) is 5.75 Å². The summed E-state index contributed by atoms with van der Waals surface area (Å²) >= 11 is 0. The number of hydrogen-bond acceptors (Lipinski definition) is 2. The molecule has 3 rings (SSSR count). The summed E-state index contributed by atoms with van der Waals surface area (Å²) in [6, 6.07) is 19.4. The second kappa shape index (κ2) is 6.97. The lowest BCUT2D eigenvalue weighted by molar-refractivity contribution is -0.153. The average molecular weight is 305 g/mol. The zero-order valence-corrected chi connectivity index (χ0v) is 13.0. The van der Waals surface area contributed by atoms with Gasteiger partial charge in [0.2, 0.25) is 6.10 Å². The quantitative estimate of drug-likeness (QED) is 0.784. The molecule has 1 saturated heterocycles. The van der Waals surface area contributed by atoms with Crippen molar-refractivity contribution in [2.45, 2.75) is 19.1 Å². The van der Waals surface area contributed by atoms with Crippen molar-refractivity contribution in [1.29, 1.82) is 0 Å². The van der Waals surface area contributed by atoms with Gasteiger partial charge in [0.1, 0.15) is 11.8 Å². The first-order valence-corrected chi connectivity index (χ1v) is 7.69. The second-order valence-corrected chi connectivity index (χ2v) is 5.34. The van der Waals surface area contributed by atoms with Crippen LogP contribution in [0.3, 0.4) is 0 Å². The van der Waals surface area contributed by atoms with Crippen LogP contribution >= 0.6 is 0 Å². The van der Waals surface area contributed by atoms with E-state index >= 15 is 0 Å². The number of benzene rings is 2. The largest absolute Gasteiger partial charge is 0.478 e. The molecule has 23 heavy (non-hydrogen) atoms. The molecule has 0 aliphatic carbocycles. The van der Waals surface area contributed by atoms with Crippen molar-refractivity contribution in [1.82, 2.24) is 4.90 Å². The molecule has 0 unspecified atom stereocenters. The van der Waals surface area contributed by atoms with E-state index in [-0.39, 0.29) is 11.9 Å². The number of β-lactam (4-membered cyclic amide) rings is 1. The molecule has 3 nitrogen and oxygen atoms in total. The summed E-state index contributed by atoms with van der Waals surface area (Å²) in [4.78, 5) is 14.0. The standard InChI is InChI=1S/C20H19NO2/c1-2-15-21-18(14-13-16-9-5-3-6-10-16)19(20(21)22)23-17-11-7-4-8-12-17/h2-15,18-19H,1H3/b14-13+,15-2-/t18-,19+/m1/s1. The van der Waals surface area contributed by atoms with Gasteiger partial charge in [0.05, 0.1) is 0 Å². The minimum Gasteiger partial charge on any atom is -0.478 e. The van der Waals surface area contributed by atoms with Crippen LogP contribution < -0.4 is 4.74 Å². The van der Waals surface area contributed by atoms with E-state index in [9.17, 15) is 4.79 Å². The number of ether oxygens (including phenoxy) is 1. The third-order valence-corrected chi connectivity index (χ3v) is 3.73. The monoisotopic (exact) mass is 305 g/mol. The molecule has 0 bridgehead atoms. The number of rotatable bonds is 5. The molecule has 0 aromatic heterocycles. The van der Waals surface area contributed by atoms with Gasteiger partial charge in [0.15, 0.2) is 0 Å². The van der Waals surface area contributed by atoms with Crippen molar-refractivity contribution >= 4 is 12.0 Å². The van der Waals surface area contributed by atoms with Crippen LogP contribution in [0.15, 0.2) is 79.0 Å². The lowest BCUT2D eigenvalue weighted by Crippen LogP contribution is -2.63. The van der Waals surface area contributed by atoms with E-state index in [1.807, 2.05) is 85.8 Å². The van der Waals surface area contributed by atoms with Gasteiger partial charge in [-0.3, -0.25) is 4.79 Å². The van der Waals surface area contributed by atoms with Gasteiger partial charge >= 0.3 is 0 Å². The predicted octanol–water partition coefficient (Wildman–Crippen LogP) is 3.89. The SMILES string of the molecule is C/C=C\N1C(=O)[C@@H](Oc2ccccc2)[C@H]1/C=C/c1ccccc1. The van der Waals surface area contributed by atoms with E-state index < -0.39 is 6.10 Å². The maximum absolute atomic E-state index is 12.3. The van der Waals surface area contributed by atoms with Crippen molar-refractivity contribution in [3.63, 3.8) is 0 Å². The van der Waals surface area contributed by atoms with Gasteiger partial charge in [0.25, 0.3) is 5.91 Å². The zero-order valence-electron chi connectivity index (χ0n) is 13.0. The Morgan fingerprint density at radius 1 is 1.00 bits per heavy atom. The van der Waals surface area contributed by atoms with E-state index in [4.69, 9.17) is 4.74 Å². The molecule has 1 heterocycles. The number of hydrogen-bond donors (Lipinski definition) is 0. The highest BCUT2D eigenvalue weighted by molar-refractivity contribution is 5.91. The molecule has 1 aliphatic rings. The summed E-state index contributed by atoms with van der Waals surface area (Å²) in [7, 11) is 0. The Kier molecular flexibility index (Phi) is 4.57. The number of carbonyl (C=O) groups excluding carboxylic acids is 1. The Morgan fingerprint density at radius 2 is 1.65 bits per heavy atom. The highest BCUT2D eigenvalue weighted by Crippen LogP contribution is 2.27. The molecule has 2 aromatic carbocycles. The van der Waals surface area contributed by atoms with E-state index in [1.165, 1.54) is 0 Å². The molecule has 1 amide bonds. The summed E-state index contributed by atoms with van der Waals surface area (Å²) in [5.74, 6) is 0.693. The Hall–Kier alpha value is -2.81. The van der Waals surface area contributed by atoms with Gasteiger partial charge in [0, 0.05) is 6.20 Å². The zero-order chi connectivity index (χ0) is 16.1. The summed E-state index contributed by atoms with van der Waals surface area (Å²) in [5.41, 5.74) is 1.10. The van der Waals surface area contributed by atoms with Crippen molar-refractivity contribution in [2.75, 3.05) is 0 Å². The highest BCUT2D eigenvalue weighted by Gasteiger charge is 2.46. The van der Waals surface area contributed by atoms with Crippen LogP contribution in [-0.4, -0.2) is 23.0 Å². The van der Waals surface area contributed by atoms with Gasteiger partial charge in [-0.15, -0.1) is 0 Å². The first kappa shape index (κ1) is 15.1. The Morgan fingerprint density at radius 3 is 2.30 bits per heavy atom. The van der Waals surface area contributed by atoms with Gasteiger partial charge in [-0.25, -0.2) is 0 Å². The van der Waals surface area contributed by atoms with Gasteiger partial charge < -0.3 is 9.64 Å². The molecule has 0 saturated carbocycles. The van der Waals surface area contributed by atoms with Crippen LogP contribution in [0.4, 0.5) is 0 Å². The highest BCUT2D eigenvalue weighted by atomic mass is 16.5. The van der Waals surface area contributed by atoms with E-state index in [0.717, 1.165) is 5.56 Å². The van der Waals surface area contributed by atoms with Crippen molar-refractivity contribution < 1.29 is 9.53 Å². The van der Waals surface area contributed by atoms with Crippen LogP contribution in [0.2, 0.25) is 0 Å². The average Bonchev–Trinajstić information content (AvgIpc) is 2.61. The number of para-hydroxylation sites is 1. The molecular formula is C20H19NO2. The van der Waals surface area contributed by atoms with Gasteiger partial charge in [-0.2, -0.15) is 0 Å². The van der Waals surface area contributed by atoms with Crippen LogP contribution in [0.5, 0.6) is 5.75 Å². The smallest absolute Gasteiger partial charge is 0.270 e. The first-order chi connectivity index (χ1) is 11.3.